The van der Waals surface area contributed by atoms with Crippen LogP contribution in [-0.2, 0) is 0 Å². The minimum Gasteiger partial charge on any atom is -0.193 e. The highest BCUT2D eigenvalue weighted by Gasteiger charge is 2.06. The molecule has 0 saturated carbocycles. The summed E-state index contributed by atoms with van der Waals surface area (Å²) in [5.74, 6) is 0.448. The maximum absolute atomic E-state index is 8.58. The van der Waals surface area contributed by atoms with Crippen LogP contribution in [0.5, 0.6) is 0 Å². The number of allylic oxidation sites excluding steroid dienone is 4. The van der Waals surface area contributed by atoms with Crippen molar-refractivity contribution in [3.63, 3.8) is 0 Å². The van der Waals surface area contributed by atoms with Gasteiger partial charge in [0, 0.05) is 12.0 Å². The van der Waals surface area contributed by atoms with E-state index in [1.807, 2.05) is 6.08 Å². The van der Waals surface area contributed by atoms with Gasteiger partial charge in [-0.3, -0.25) is 0 Å². The minimum absolute atomic E-state index is 0.448. The van der Waals surface area contributed by atoms with E-state index in [4.69, 9.17) is 5.26 Å². The number of nitrogens with zero attached hydrogens (tertiary/aromatic N) is 1. The largest absolute Gasteiger partial charge is 0.193 e. The van der Waals surface area contributed by atoms with E-state index >= 15 is 0 Å². The molecule has 0 N–H and O–H groups in total. The van der Waals surface area contributed by atoms with Crippen molar-refractivity contribution < 1.29 is 0 Å². The topological polar surface area (TPSA) is 23.8 Å². The zero-order valence-electron chi connectivity index (χ0n) is 6.39. The van der Waals surface area contributed by atoms with Crippen molar-refractivity contribution in [1.82, 2.24) is 0 Å². The predicted octanol–water partition coefficient (Wildman–Crippen LogP) is 2.42. The Bertz CT molecular complexity index is 228. The van der Waals surface area contributed by atoms with E-state index in [1.54, 1.807) is 0 Å². The lowest BCUT2D eigenvalue weighted by molar-refractivity contribution is 0.870. The standard InChI is InChI=1S/C9H11N/c1-7-3-8(2)5-9(4-7)6-10/h3-4,7H,5H2,1-2H3. The summed E-state index contributed by atoms with van der Waals surface area (Å²) < 4.78 is 0. The van der Waals surface area contributed by atoms with E-state index in [-0.39, 0.29) is 0 Å². The molecule has 0 aromatic carbocycles. The molecule has 0 bridgehead atoms. The van der Waals surface area contributed by atoms with Crippen molar-refractivity contribution in [3.05, 3.63) is 23.3 Å². The first-order chi connectivity index (χ1) is 4.72. The van der Waals surface area contributed by atoms with Crippen LogP contribution in [0.3, 0.4) is 0 Å². The molecule has 0 aromatic rings. The molecule has 1 rings (SSSR count). The SMILES string of the molecule is CC1=CC(C)C=C(C#N)C1. The number of rotatable bonds is 0. The van der Waals surface area contributed by atoms with Crippen LogP contribution in [0.1, 0.15) is 20.3 Å². The molecule has 1 unspecified atom stereocenters. The second-order valence-corrected chi connectivity index (χ2v) is 2.85. The normalized spacial score (nSPS) is 24.7. The Morgan fingerprint density at radius 1 is 1.60 bits per heavy atom. The Morgan fingerprint density at radius 2 is 2.30 bits per heavy atom. The van der Waals surface area contributed by atoms with Crippen LogP contribution in [0.4, 0.5) is 0 Å². The second-order valence-electron chi connectivity index (χ2n) is 2.85. The Morgan fingerprint density at radius 3 is 2.80 bits per heavy atom. The van der Waals surface area contributed by atoms with Crippen molar-refractivity contribution in [1.29, 1.82) is 5.26 Å². The summed E-state index contributed by atoms with van der Waals surface area (Å²) >= 11 is 0. The van der Waals surface area contributed by atoms with Crippen molar-refractivity contribution in [3.8, 4) is 6.07 Å². The average molecular weight is 133 g/mol. The first kappa shape index (κ1) is 7.08. The maximum Gasteiger partial charge on any atom is 0.0947 e. The van der Waals surface area contributed by atoms with Crippen molar-refractivity contribution >= 4 is 0 Å². The van der Waals surface area contributed by atoms with Crippen LogP contribution in [-0.4, -0.2) is 0 Å². The summed E-state index contributed by atoms with van der Waals surface area (Å²) in [6, 6.07) is 2.18. The zero-order chi connectivity index (χ0) is 7.56. The molecule has 0 saturated heterocycles. The molecule has 1 aliphatic carbocycles. The van der Waals surface area contributed by atoms with Crippen molar-refractivity contribution in [2.24, 2.45) is 5.92 Å². The van der Waals surface area contributed by atoms with Crippen molar-refractivity contribution in [2.45, 2.75) is 20.3 Å². The first-order valence-electron chi connectivity index (χ1n) is 3.50. The quantitative estimate of drug-likeness (QED) is 0.465. The van der Waals surface area contributed by atoms with Gasteiger partial charge in [-0.05, 0) is 12.8 Å². The van der Waals surface area contributed by atoms with Crippen LogP contribution in [0.25, 0.3) is 0 Å². The van der Waals surface area contributed by atoms with Crippen LogP contribution >= 0.6 is 0 Å². The number of nitriles is 1. The van der Waals surface area contributed by atoms with E-state index in [1.165, 1.54) is 5.57 Å². The van der Waals surface area contributed by atoms with Gasteiger partial charge < -0.3 is 0 Å². The lowest BCUT2D eigenvalue weighted by atomic mass is 9.94. The van der Waals surface area contributed by atoms with Gasteiger partial charge in [-0.2, -0.15) is 5.26 Å². The average Bonchev–Trinajstić information content (AvgIpc) is 1.85. The third kappa shape index (κ3) is 1.48. The fraction of sp³-hybridized carbons (Fsp3) is 0.444. The number of hydrogen-bond acceptors (Lipinski definition) is 1. The summed E-state index contributed by atoms with van der Waals surface area (Å²) in [6.45, 7) is 4.17. The Balaban J connectivity index is 2.77. The van der Waals surface area contributed by atoms with Gasteiger partial charge in [-0.25, -0.2) is 0 Å². The predicted molar refractivity (Wildman–Crippen MR) is 41.2 cm³/mol. The third-order valence-electron chi connectivity index (χ3n) is 1.62. The minimum atomic E-state index is 0.448. The molecule has 1 aliphatic rings. The smallest absolute Gasteiger partial charge is 0.0947 e. The molecule has 52 valence electrons. The van der Waals surface area contributed by atoms with Crippen LogP contribution in [0, 0.1) is 17.2 Å². The Kier molecular flexibility index (Phi) is 1.91. The fourth-order valence-corrected chi connectivity index (χ4v) is 1.31. The van der Waals surface area contributed by atoms with Gasteiger partial charge in [0.15, 0.2) is 0 Å². The van der Waals surface area contributed by atoms with Gasteiger partial charge in [0.1, 0.15) is 0 Å². The highest BCUT2D eigenvalue weighted by atomic mass is 14.3. The van der Waals surface area contributed by atoms with Gasteiger partial charge >= 0.3 is 0 Å². The monoisotopic (exact) mass is 133 g/mol. The highest BCUT2D eigenvalue weighted by Crippen LogP contribution is 2.20. The zero-order valence-corrected chi connectivity index (χ0v) is 6.39. The molecule has 0 spiro atoms. The van der Waals surface area contributed by atoms with Gasteiger partial charge in [0.2, 0.25) is 0 Å². The maximum atomic E-state index is 8.58. The molecule has 0 fully saturated rings. The van der Waals surface area contributed by atoms with E-state index in [9.17, 15) is 0 Å². The molecule has 0 aliphatic heterocycles. The molecular formula is C9H11N. The summed E-state index contributed by atoms with van der Waals surface area (Å²) in [5.41, 5.74) is 2.22. The van der Waals surface area contributed by atoms with Gasteiger partial charge in [0.25, 0.3) is 0 Å². The Hall–Kier alpha value is -1.03. The lowest BCUT2D eigenvalue weighted by Crippen LogP contribution is -1.96. The molecule has 1 heteroatoms. The second kappa shape index (κ2) is 2.70. The van der Waals surface area contributed by atoms with E-state index in [0.717, 1.165) is 12.0 Å². The fourth-order valence-electron chi connectivity index (χ4n) is 1.31. The summed E-state index contributed by atoms with van der Waals surface area (Å²) in [7, 11) is 0. The van der Waals surface area contributed by atoms with Crippen molar-refractivity contribution in [2.75, 3.05) is 0 Å². The highest BCUT2D eigenvalue weighted by molar-refractivity contribution is 5.32. The van der Waals surface area contributed by atoms with E-state index < -0.39 is 0 Å². The van der Waals surface area contributed by atoms with Gasteiger partial charge in [-0.1, -0.05) is 24.6 Å². The molecule has 1 atom stereocenters. The first-order valence-corrected chi connectivity index (χ1v) is 3.50. The molecule has 10 heavy (non-hydrogen) atoms. The number of hydrogen-bond donors (Lipinski definition) is 0. The Labute approximate surface area is 61.7 Å². The molecule has 0 radical (unpaired) electrons. The summed E-state index contributed by atoms with van der Waals surface area (Å²) in [4.78, 5) is 0. The van der Waals surface area contributed by atoms with Crippen LogP contribution in [0.2, 0.25) is 0 Å². The lowest BCUT2D eigenvalue weighted by Gasteiger charge is -2.10. The van der Waals surface area contributed by atoms with Gasteiger partial charge in [-0.15, -0.1) is 0 Å². The molecule has 0 aromatic heterocycles. The summed E-state index contributed by atoms with van der Waals surface area (Å²) in [5, 5.41) is 8.58. The molecular weight excluding hydrogens is 122 g/mol. The van der Waals surface area contributed by atoms with E-state index in [0.29, 0.717) is 5.92 Å². The molecule has 0 amide bonds. The summed E-state index contributed by atoms with van der Waals surface area (Å²) in [6.07, 6.45) is 5.06. The van der Waals surface area contributed by atoms with Gasteiger partial charge in [0.05, 0.1) is 6.07 Å². The van der Waals surface area contributed by atoms with E-state index in [2.05, 4.69) is 26.0 Å². The third-order valence-corrected chi connectivity index (χ3v) is 1.62. The van der Waals surface area contributed by atoms with Crippen LogP contribution in [0.15, 0.2) is 23.3 Å². The molecule has 0 heterocycles. The van der Waals surface area contributed by atoms with Crippen LogP contribution < -0.4 is 0 Å². The molecule has 1 nitrogen and oxygen atoms in total.